The lowest BCUT2D eigenvalue weighted by Crippen LogP contribution is -2.58. The Morgan fingerprint density at radius 3 is 2.70 bits per heavy atom. The van der Waals surface area contributed by atoms with Gasteiger partial charge in [0, 0.05) is 31.7 Å². The van der Waals surface area contributed by atoms with Crippen molar-refractivity contribution in [3.8, 4) is 0 Å². The third-order valence-corrected chi connectivity index (χ3v) is 6.06. The molecule has 2 fully saturated rings. The van der Waals surface area contributed by atoms with Crippen molar-refractivity contribution >= 4 is 17.8 Å². The van der Waals surface area contributed by atoms with Crippen LogP contribution in [0.15, 0.2) is 6.33 Å². The predicted octanol–water partition coefficient (Wildman–Crippen LogP) is 0.0473. The molecule has 4 rings (SSSR count). The summed E-state index contributed by atoms with van der Waals surface area (Å²) in [6.07, 6.45) is 5.46. The zero-order valence-corrected chi connectivity index (χ0v) is 15.7. The quantitative estimate of drug-likeness (QED) is 0.725. The second-order valence-electron chi connectivity index (χ2n) is 7.52. The highest BCUT2D eigenvalue weighted by Gasteiger charge is 2.47. The summed E-state index contributed by atoms with van der Waals surface area (Å²) >= 11 is 0. The molecule has 2 saturated heterocycles. The molecule has 4 heterocycles. The van der Waals surface area contributed by atoms with E-state index < -0.39 is 6.03 Å². The van der Waals surface area contributed by atoms with Gasteiger partial charge >= 0.3 is 6.03 Å². The van der Waals surface area contributed by atoms with Crippen LogP contribution in [-0.4, -0.2) is 81.8 Å². The molecule has 0 aliphatic carbocycles. The number of H-pyrrole nitrogens is 1. The van der Waals surface area contributed by atoms with Gasteiger partial charge in [0.15, 0.2) is 0 Å². The van der Waals surface area contributed by atoms with Gasteiger partial charge in [0.2, 0.25) is 5.91 Å². The number of carbonyl (C=O) groups is 3. The first-order chi connectivity index (χ1) is 13.0. The smallest absolute Gasteiger partial charge is 0.325 e. The lowest BCUT2D eigenvalue weighted by molar-refractivity contribution is -0.139. The summed E-state index contributed by atoms with van der Waals surface area (Å²) in [6.45, 7) is 5.21. The van der Waals surface area contributed by atoms with Gasteiger partial charge < -0.3 is 15.2 Å². The summed E-state index contributed by atoms with van der Waals surface area (Å²) in [5.41, 5.74) is 2.21. The summed E-state index contributed by atoms with van der Waals surface area (Å²) in [4.78, 5) is 49.2. The summed E-state index contributed by atoms with van der Waals surface area (Å²) < 4.78 is 0. The number of amides is 4. The molecule has 146 valence electrons. The van der Waals surface area contributed by atoms with Gasteiger partial charge in [-0.15, -0.1) is 0 Å². The molecule has 1 aromatic rings. The number of urea groups is 1. The van der Waals surface area contributed by atoms with Gasteiger partial charge in [-0.3, -0.25) is 19.4 Å². The fraction of sp³-hybridized carbons (Fsp3) is 0.667. The largest absolute Gasteiger partial charge is 0.348 e. The Kier molecular flexibility index (Phi) is 4.63. The molecule has 2 N–H and O–H groups in total. The van der Waals surface area contributed by atoms with Crippen molar-refractivity contribution in [2.75, 3.05) is 39.3 Å². The van der Waals surface area contributed by atoms with Crippen LogP contribution in [-0.2, 0) is 21.5 Å². The highest BCUT2D eigenvalue weighted by molar-refractivity contribution is 6.04. The third kappa shape index (κ3) is 2.99. The van der Waals surface area contributed by atoms with Crippen molar-refractivity contribution in [2.45, 2.75) is 38.1 Å². The number of aromatic amines is 1. The van der Waals surface area contributed by atoms with E-state index in [4.69, 9.17) is 0 Å². The molecule has 0 bridgehead atoms. The van der Waals surface area contributed by atoms with E-state index in [1.54, 1.807) is 11.2 Å². The summed E-state index contributed by atoms with van der Waals surface area (Å²) in [5.74, 6) is -0.514. The fourth-order valence-corrected chi connectivity index (χ4v) is 4.65. The molecule has 3 aliphatic heterocycles. The molecule has 27 heavy (non-hydrogen) atoms. The Hall–Kier alpha value is -2.42. The van der Waals surface area contributed by atoms with Gasteiger partial charge in [-0.2, -0.15) is 0 Å². The molecule has 0 unspecified atom stereocenters. The molecule has 0 saturated carbocycles. The lowest BCUT2D eigenvalue weighted by Gasteiger charge is -2.50. The van der Waals surface area contributed by atoms with E-state index >= 15 is 0 Å². The first-order valence-corrected chi connectivity index (χ1v) is 9.69. The molecule has 9 heteroatoms. The Bertz CT molecular complexity index is 736. The number of rotatable bonds is 4. The summed E-state index contributed by atoms with van der Waals surface area (Å²) in [6, 6.07) is -0.482. The summed E-state index contributed by atoms with van der Waals surface area (Å²) in [5, 5.41) is 2.45. The zero-order chi connectivity index (χ0) is 19.0. The minimum Gasteiger partial charge on any atom is -0.348 e. The van der Waals surface area contributed by atoms with Crippen molar-refractivity contribution < 1.29 is 14.4 Å². The van der Waals surface area contributed by atoms with Gasteiger partial charge in [-0.25, -0.2) is 9.78 Å². The number of carbonyl (C=O) groups excluding carboxylic acids is 3. The van der Waals surface area contributed by atoms with E-state index in [2.05, 4.69) is 27.1 Å². The number of hydrogen-bond donors (Lipinski definition) is 2. The van der Waals surface area contributed by atoms with Gasteiger partial charge in [-0.1, -0.05) is 6.92 Å². The predicted molar refractivity (Wildman–Crippen MR) is 96.8 cm³/mol. The normalized spacial score (nSPS) is 22.3. The maximum absolute atomic E-state index is 12.6. The van der Waals surface area contributed by atoms with E-state index in [1.165, 1.54) is 5.69 Å². The number of fused-ring (bicyclic) bond motifs is 2. The van der Waals surface area contributed by atoms with Crippen LogP contribution in [0.2, 0.25) is 0 Å². The molecule has 0 radical (unpaired) electrons. The average Bonchev–Trinajstić information content (AvgIpc) is 3.27. The number of imidazole rings is 1. The fourth-order valence-electron chi connectivity index (χ4n) is 4.65. The van der Waals surface area contributed by atoms with E-state index in [0.29, 0.717) is 13.1 Å². The Morgan fingerprint density at radius 2 is 2.04 bits per heavy atom. The number of piperidine rings is 1. The monoisotopic (exact) mass is 374 g/mol. The molecule has 0 aromatic carbocycles. The Balaban J connectivity index is 1.46. The van der Waals surface area contributed by atoms with Crippen LogP contribution in [0.1, 0.15) is 37.6 Å². The van der Waals surface area contributed by atoms with Crippen LogP contribution in [0.4, 0.5) is 4.79 Å². The number of imide groups is 1. The van der Waals surface area contributed by atoms with Crippen LogP contribution in [0.25, 0.3) is 0 Å². The van der Waals surface area contributed by atoms with Crippen LogP contribution in [0.5, 0.6) is 0 Å². The van der Waals surface area contributed by atoms with Crippen molar-refractivity contribution in [1.82, 2.24) is 30.0 Å². The van der Waals surface area contributed by atoms with E-state index in [9.17, 15) is 14.4 Å². The molecule has 9 nitrogen and oxygen atoms in total. The average molecular weight is 374 g/mol. The lowest BCUT2D eigenvalue weighted by atomic mass is 9.78. The second kappa shape index (κ2) is 6.95. The molecule has 1 spiro atoms. The number of hydrogen-bond acceptors (Lipinski definition) is 5. The Labute approximate surface area is 158 Å². The molecule has 0 atom stereocenters. The minimum absolute atomic E-state index is 0.0247. The molecule has 4 amide bonds. The molecule has 1 aromatic heterocycles. The molecular formula is C18H26N6O3. The van der Waals surface area contributed by atoms with Crippen LogP contribution in [0.3, 0.4) is 0 Å². The number of likely N-dealkylation sites (tertiary alicyclic amines) is 1. The molecular weight excluding hydrogens is 348 g/mol. The van der Waals surface area contributed by atoms with Crippen molar-refractivity contribution in [2.24, 2.45) is 0 Å². The van der Waals surface area contributed by atoms with E-state index in [-0.39, 0.29) is 30.4 Å². The minimum atomic E-state index is -0.482. The van der Waals surface area contributed by atoms with Crippen molar-refractivity contribution in [3.63, 3.8) is 0 Å². The molecule has 3 aliphatic rings. The SMILES string of the molecule is CCCN1CCc2[nH]cnc2C12CCN(C(=O)CN1C(=O)CNC1=O)CC2. The van der Waals surface area contributed by atoms with Crippen LogP contribution < -0.4 is 5.32 Å². The van der Waals surface area contributed by atoms with Gasteiger partial charge in [0.1, 0.15) is 6.54 Å². The topological polar surface area (TPSA) is 102 Å². The summed E-state index contributed by atoms with van der Waals surface area (Å²) in [7, 11) is 0. The number of nitrogens with zero attached hydrogens (tertiary/aromatic N) is 4. The Morgan fingerprint density at radius 1 is 1.26 bits per heavy atom. The first kappa shape index (κ1) is 18.0. The third-order valence-electron chi connectivity index (χ3n) is 6.06. The van der Waals surface area contributed by atoms with Crippen molar-refractivity contribution in [1.29, 1.82) is 0 Å². The van der Waals surface area contributed by atoms with Gasteiger partial charge in [-0.05, 0) is 25.8 Å². The first-order valence-electron chi connectivity index (χ1n) is 9.69. The second-order valence-corrected chi connectivity index (χ2v) is 7.52. The maximum atomic E-state index is 12.6. The van der Waals surface area contributed by atoms with E-state index in [1.807, 2.05) is 0 Å². The zero-order valence-electron chi connectivity index (χ0n) is 15.7. The number of aromatic nitrogens is 2. The van der Waals surface area contributed by atoms with Crippen LogP contribution >= 0.6 is 0 Å². The maximum Gasteiger partial charge on any atom is 0.325 e. The standard InChI is InChI=1S/C18H26N6O3/c1-2-6-23-7-3-13-16(21-12-20-13)18(23)4-8-22(9-5-18)15(26)11-24-14(25)10-19-17(24)27/h12H,2-11H2,1H3,(H,19,27)(H,20,21). The van der Waals surface area contributed by atoms with Crippen molar-refractivity contribution in [3.05, 3.63) is 17.7 Å². The highest BCUT2D eigenvalue weighted by atomic mass is 16.2. The van der Waals surface area contributed by atoms with E-state index in [0.717, 1.165) is 49.4 Å². The van der Waals surface area contributed by atoms with Crippen LogP contribution in [0, 0.1) is 0 Å². The highest BCUT2D eigenvalue weighted by Crippen LogP contribution is 2.42. The van der Waals surface area contributed by atoms with Gasteiger partial charge in [0.05, 0.1) is 24.1 Å². The number of nitrogens with one attached hydrogen (secondary N) is 2. The van der Waals surface area contributed by atoms with Gasteiger partial charge in [0.25, 0.3) is 5.91 Å².